The molecule has 3 aliphatic rings. The first-order valence-corrected chi connectivity index (χ1v) is 24.1. The smallest absolute Gasteiger partial charge is 0.346 e. The van der Waals surface area contributed by atoms with Crippen LogP contribution in [0.25, 0.3) is 22.0 Å². The molecule has 2 saturated carbocycles. The molecule has 2 fully saturated rings. The Morgan fingerprint density at radius 1 is 0.925 bits per heavy atom. The highest BCUT2D eigenvalue weighted by Gasteiger charge is 2.63. The minimum atomic E-state index is -5.19. The SMILES string of the molecule is CC(C)(C#Cc1ccc(-c2ccc(Cl)c3c(NS(C)(=O)=O)nn(CC(F)(F)F)c23)c([C@H](Cc2cc(F)cc(F)c2)NC(=O)Cn2nc(C(F)(F)F)c3c2C(F)(F)[C@@H]2CC[C@H]32)n1)S(=O)(=O)C1CC1. The van der Waals surface area contributed by atoms with Gasteiger partial charge in [0, 0.05) is 28.7 Å². The van der Waals surface area contributed by atoms with E-state index in [1.54, 1.807) is 0 Å². The zero-order valence-electron chi connectivity index (χ0n) is 35.1. The van der Waals surface area contributed by atoms with E-state index in [1.165, 1.54) is 38.1 Å². The number of sulfone groups is 1. The van der Waals surface area contributed by atoms with Crippen molar-refractivity contribution in [2.45, 2.75) is 99.3 Å². The molecule has 1 amide bonds. The van der Waals surface area contributed by atoms with E-state index in [1.807, 2.05) is 4.72 Å². The molecule has 358 valence electrons. The molecule has 3 aromatic heterocycles. The zero-order chi connectivity index (χ0) is 49.0. The highest BCUT2D eigenvalue weighted by Crippen LogP contribution is 2.64. The summed E-state index contributed by atoms with van der Waals surface area (Å²) in [5, 5.41) is 8.50. The third-order valence-corrected chi connectivity index (χ3v) is 15.6. The summed E-state index contributed by atoms with van der Waals surface area (Å²) < 4.78 is 199. The average molecular weight is 1010 g/mol. The number of hydrogen-bond donors (Lipinski definition) is 2. The molecule has 12 nitrogen and oxygen atoms in total. The minimum Gasteiger partial charge on any atom is -0.346 e. The Hall–Kier alpha value is -5.41. The molecule has 3 atom stereocenters. The first-order chi connectivity index (χ1) is 30.9. The van der Waals surface area contributed by atoms with Gasteiger partial charge < -0.3 is 5.32 Å². The van der Waals surface area contributed by atoms with Crippen LogP contribution < -0.4 is 10.0 Å². The highest BCUT2D eigenvalue weighted by atomic mass is 35.5. The van der Waals surface area contributed by atoms with Crippen molar-refractivity contribution < 1.29 is 65.5 Å². The lowest BCUT2D eigenvalue weighted by atomic mass is 9.73. The van der Waals surface area contributed by atoms with Crippen LogP contribution in [0.5, 0.6) is 0 Å². The Morgan fingerprint density at radius 2 is 1.58 bits per heavy atom. The number of aromatic nitrogens is 5. The van der Waals surface area contributed by atoms with E-state index in [-0.39, 0.29) is 56.0 Å². The fourth-order valence-corrected chi connectivity index (χ4v) is 11.2. The number of halogens is 11. The van der Waals surface area contributed by atoms with Gasteiger partial charge in [-0.2, -0.15) is 45.3 Å². The number of pyridine rings is 1. The number of rotatable bonds is 12. The molecule has 0 unspecified atom stereocenters. The summed E-state index contributed by atoms with van der Waals surface area (Å²) in [7, 11) is -8.03. The van der Waals surface area contributed by atoms with Crippen LogP contribution in [0.3, 0.4) is 0 Å². The number of carbonyl (C=O) groups is 1. The van der Waals surface area contributed by atoms with Crippen molar-refractivity contribution in [2.24, 2.45) is 5.92 Å². The monoisotopic (exact) mass is 1010 g/mol. The van der Waals surface area contributed by atoms with Crippen LogP contribution in [0.4, 0.5) is 49.7 Å². The molecule has 5 aromatic rings. The third kappa shape index (κ3) is 9.29. The van der Waals surface area contributed by atoms with Gasteiger partial charge in [-0.25, -0.2) is 30.6 Å². The zero-order valence-corrected chi connectivity index (χ0v) is 37.4. The molecule has 0 saturated heterocycles. The number of alkyl halides is 8. The summed E-state index contributed by atoms with van der Waals surface area (Å²) >= 11 is 6.49. The molecule has 0 spiro atoms. The lowest BCUT2D eigenvalue weighted by Crippen LogP contribution is -2.36. The van der Waals surface area contributed by atoms with Crippen molar-refractivity contribution in [1.29, 1.82) is 0 Å². The molecule has 3 heterocycles. The topological polar surface area (TPSA) is 158 Å². The first kappa shape index (κ1) is 48.1. The van der Waals surface area contributed by atoms with Gasteiger partial charge in [0.25, 0.3) is 5.92 Å². The van der Waals surface area contributed by atoms with Crippen LogP contribution in [0.15, 0.2) is 42.5 Å². The number of hydrogen-bond acceptors (Lipinski definition) is 8. The van der Waals surface area contributed by atoms with Gasteiger partial charge >= 0.3 is 12.4 Å². The molecular formula is C42H36ClF10N7O5S2. The predicted octanol–water partition coefficient (Wildman–Crippen LogP) is 8.59. The van der Waals surface area contributed by atoms with Crippen LogP contribution in [0, 0.1) is 29.4 Å². The van der Waals surface area contributed by atoms with Gasteiger partial charge in [-0.3, -0.25) is 18.9 Å². The number of fused-ring (bicyclic) bond motifs is 4. The lowest BCUT2D eigenvalue weighted by molar-refractivity contribution is -0.144. The summed E-state index contributed by atoms with van der Waals surface area (Å²) in [5.41, 5.74) is -5.04. The molecule has 2 aromatic carbocycles. The summed E-state index contributed by atoms with van der Waals surface area (Å²) in [5.74, 6) is -5.23. The quantitative estimate of drug-likeness (QED) is 0.0930. The Balaban J connectivity index is 1.33. The Kier molecular flexibility index (Phi) is 11.8. The number of nitrogens with zero attached hydrogens (tertiary/aromatic N) is 5. The van der Waals surface area contributed by atoms with Gasteiger partial charge in [0.2, 0.25) is 15.9 Å². The summed E-state index contributed by atoms with van der Waals surface area (Å²) in [6, 6.07) is 5.37. The molecule has 25 heteroatoms. The summed E-state index contributed by atoms with van der Waals surface area (Å²) in [4.78, 5) is 18.7. The van der Waals surface area contributed by atoms with Crippen LogP contribution in [0.2, 0.25) is 5.02 Å². The van der Waals surface area contributed by atoms with Crippen LogP contribution in [-0.4, -0.2) is 69.7 Å². The normalized spacial score (nSPS) is 18.7. The average Bonchev–Trinajstić information content (AvgIpc) is 3.85. The van der Waals surface area contributed by atoms with E-state index >= 15 is 8.78 Å². The number of anilines is 1. The van der Waals surface area contributed by atoms with Crippen molar-refractivity contribution in [3.05, 3.63) is 93.0 Å². The van der Waals surface area contributed by atoms with Gasteiger partial charge in [0.1, 0.15) is 40.9 Å². The standard InChI is InChI=1S/C42H36ClF10N7O5S2/c1-39(2,67(64,65)24-5-6-24)13-12-23-4-7-25(26-9-11-29(43)33-35(26)60(19-40(46,47)48)57-38(33)58-66(3,62)63)34(54-23)30(16-20-14-21(44)17-22(45)15-20)55-31(61)18-59-37-32(36(56-59)42(51,52)53)27-8-10-28(27)41(37,49)50/h4,7,9,11,14-15,17,24,27-28,30H,5-6,8,10,16,18-19H2,1-3H3,(H,55,61)(H,57,58)/t27-,28+,30-/m0/s1. The molecule has 0 aliphatic heterocycles. The van der Waals surface area contributed by atoms with Gasteiger partial charge in [-0.1, -0.05) is 23.6 Å². The molecule has 67 heavy (non-hydrogen) atoms. The number of benzene rings is 2. The van der Waals surface area contributed by atoms with Crippen molar-refractivity contribution in [2.75, 3.05) is 11.0 Å². The number of amides is 1. The van der Waals surface area contributed by atoms with Crippen molar-refractivity contribution >= 4 is 54.1 Å². The Morgan fingerprint density at radius 3 is 2.16 bits per heavy atom. The number of sulfonamides is 1. The minimum absolute atomic E-state index is 0.0174. The van der Waals surface area contributed by atoms with Crippen LogP contribution in [-0.2, 0) is 56.3 Å². The van der Waals surface area contributed by atoms with Crippen molar-refractivity contribution in [3.63, 3.8) is 0 Å². The fourth-order valence-electron chi connectivity index (χ4n) is 8.66. The maximum Gasteiger partial charge on any atom is 0.435 e. The largest absolute Gasteiger partial charge is 0.435 e. The second-order valence-electron chi connectivity index (χ2n) is 17.2. The number of carbonyl (C=O) groups excluding carboxylic acids is 1. The lowest BCUT2D eigenvalue weighted by Gasteiger charge is -2.34. The summed E-state index contributed by atoms with van der Waals surface area (Å²) in [6.45, 7) is -0.371. The van der Waals surface area contributed by atoms with Gasteiger partial charge in [-0.05, 0) is 93.7 Å². The van der Waals surface area contributed by atoms with Gasteiger partial charge in [-0.15, -0.1) is 0 Å². The predicted molar refractivity (Wildman–Crippen MR) is 223 cm³/mol. The van der Waals surface area contributed by atoms with Crippen molar-refractivity contribution in [1.82, 2.24) is 29.9 Å². The van der Waals surface area contributed by atoms with E-state index in [0.717, 1.165) is 12.1 Å². The Bertz CT molecular complexity index is 3140. The van der Waals surface area contributed by atoms with E-state index in [4.69, 9.17) is 11.6 Å². The molecule has 0 bridgehead atoms. The first-order valence-electron chi connectivity index (χ1n) is 20.3. The van der Waals surface area contributed by atoms with E-state index in [0.29, 0.717) is 29.8 Å². The van der Waals surface area contributed by atoms with Crippen LogP contribution in [0.1, 0.15) is 85.4 Å². The Labute approximate surface area is 380 Å². The molecule has 2 N–H and O–H groups in total. The number of nitrogens with one attached hydrogen (secondary N) is 2. The van der Waals surface area contributed by atoms with Crippen LogP contribution >= 0.6 is 11.6 Å². The van der Waals surface area contributed by atoms with Gasteiger partial charge in [0.15, 0.2) is 21.3 Å². The highest BCUT2D eigenvalue weighted by molar-refractivity contribution is 7.93. The fraction of sp³-hybridized carbons (Fsp3) is 0.429. The van der Waals surface area contributed by atoms with Crippen molar-refractivity contribution in [3.8, 4) is 23.0 Å². The molecule has 8 rings (SSSR count). The third-order valence-electron chi connectivity index (χ3n) is 11.8. The molecule has 0 radical (unpaired) electrons. The van der Waals surface area contributed by atoms with E-state index in [2.05, 4.69) is 32.3 Å². The van der Waals surface area contributed by atoms with Gasteiger partial charge in [0.05, 0.1) is 39.2 Å². The summed E-state index contributed by atoms with van der Waals surface area (Å²) in [6.07, 6.45) is -9.37. The maximum atomic E-state index is 15.8. The molecule has 3 aliphatic carbocycles. The molecular weight excluding hydrogens is 972 g/mol. The van der Waals surface area contributed by atoms with E-state index < -0.39 is 131 Å². The maximum absolute atomic E-state index is 15.8. The second-order valence-corrected chi connectivity index (χ2v) is 22.2. The van der Waals surface area contributed by atoms with E-state index in [9.17, 15) is 56.8 Å². The second kappa shape index (κ2) is 16.4.